The molecule has 158 valence electrons. The van der Waals surface area contributed by atoms with E-state index in [1.54, 1.807) is 0 Å². The Morgan fingerprint density at radius 2 is 1.60 bits per heavy atom. The Morgan fingerprint density at radius 1 is 0.933 bits per heavy atom. The minimum atomic E-state index is -3.56. The lowest BCUT2D eigenvalue weighted by atomic mass is 9.96. The van der Waals surface area contributed by atoms with E-state index in [1.807, 2.05) is 54.6 Å². The van der Waals surface area contributed by atoms with Crippen molar-refractivity contribution in [2.75, 3.05) is 12.5 Å². The zero-order valence-electron chi connectivity index (χ0n) is 16.9. The summed E-state index contributed by atoms with van der Waals surface area (Å²) in [5, 5.41) is 0.395. The van der Waals surface area contributed by atoms with Crippen LogP contribution in [0, 0.1) is 0 Å². The van der Waals surface area contributed by atoms with Crippen LogP contribution in [-0.2, 0) is 32.8 Å². The number of hydrogen-bond donors (Lipinski definition) is 0. The number of para-hydroxylation sites is 1. The molecule has 0 spiro atoms. The smallest absolute Gasteiger partial charge is 0.236 e. The van der Waals surface area contributed by atoms with Crippen molar-refractivity contribution in [2.45, 2.75) is 36.7 Å². The molecule has 1 fully saturated rings. The summed E-state index contributed by atoms with van der Waals surface area (Å²) in [7, 11) is -6.84. The van der Waals surface area contributed by atoms with Crippen LogP contribution in [0.5, 0.6) is 0 Å². The molecule has 0 aliphatic carbocycles. The lowest BCUT2D eigenvalue weighted by molar-refractivity contribution is 0.166. The Kier molecular flexibility index (Phi) is 4.40. The van der Waals surface area contributed by atoms with Gasteiger partial charge in [-0.3, -0.25) is 4.90 Å². The Labute approximate surface area is 177 Å². The van der Waals surface area contributed by atoms with Crippen molar-refractivity contribution >= 4 is 30.8 Å². The molecule has 1 saturated heterocycles. The summed E-state index contributed by atoms with van der Waals surface area (Å²) in [4.78, 5) is 2.20. The molecule has 0 amide bonds. The van der Waals surface area contributed by atoms with E-state index < -0.39 is 25.1 Å². The molecule has 8 heteroatoms. The van der Waals surface area contributed by atoms with Crippen molar-refractivity contribution in [2.24, 2.45) is 0 Å². The van der Waals surface area contributed by atoms with Crippen molar-refractivity contribution in [1.82, 2.24) is 8.87 Å². The highest BCUT2D eigenvalue weighted by Gasteiger charge is 2.52. The highest BCUT2D eigenvalue weighted by molar-refractivity contribution is 7.91. The maximum atomic E-state index is 12.8. The molecule has 0 saturated carbocycles. The van der Waals surface area contributed by atoms with Gasteiger partial charge in [-0.05, 0) is 30.0 Å². The summed E-state index contributed by atoms with van der Waals surface area (Å²) in [6, 6.07) is 17.0. The van der Waals surface area contributed by atoms with Crippen LogP contribution in [0.2, 0.25) is 0 Å². The Bertz CT molecular complexity index is 1340. The van der Waals surface area contributed by atoms with Gasteiger partial charge in [0, 0.05) is 24.2 Å². The number of fused-ring (bicyclic) bond motifs is 6. The Hall–Kier alpha value is -2.16. The Morgan fingerprint density at radius 3 is 2.27 bits per heavy atom. The molecule has 6 nitrogen and oxygen atoms in total. The molecule has 3 aromatic rings. The van der Waals surface area contributed by atoms with E-state index in [-0.39, 0.29) is 12.1 Å². The van der Waals surface area contributed by atoms with Crippen LogP contribution in [-0.4, -0.2) is 49.5 Å². The topological polar surface area (TPSA) is 76.5 Å². The minimum absolute atomic E-state index is 0.170. The van der Waals surface area contributed by atoms with Crippen LogP contribution in [0.25, 0.3) is 10.9 Å². The van der Waals surface area contributed by atoms with Crippen molar-refractivity contribution < 1.29 is 16.8 Å². The first-order valence-electron chi connectivity index (χ1n) is 9.97. The molecule has 2 bridgehead atoms. The first kappa shape index (κ1) is 19.8. The second kappa shape index (κ2) is 6.67. The molecule has 2 aliphatic rings. The average Bonchev–Trinajstić information content (AvgIpc) is 3.14. The van der Waals surface area contributed by atoms with E-state index in [0.717, 1.165) is 22.2 Å². The second-order valence-electron chi connectivity index (χ2n) is 8.46. The SMILES string of the molecule is CS(=O)(=O)C1CC2c3c(c4ccccc4n3S(C)(=O)=O)CC1N2Cc1ccccc1. The number of sulfone groups is 1. The van der Waals surface area contributed by atoms with Gasteiger partial charge in [0.05, 0.1) is 28.8 Å². The fraction of sp³-hybridized carbons (Fsp3) is 0.364. The van der Waals surface area contributed by atoms with Gasteiger partial charge in [0.15, 0.2) is 9.84 Å². The summed E-state index contributed by atoms with van der Waals surface area (Å²) in [5.41, 5.74) is 3.47. The maximum absolute atomic E-state index is 12.8. The van der Waals surface area contributed by atoms with Crippen molar-refractivity contribution in [1.29, 1.82) is 0 Å². The summed E-state index contributed by atoms with van der Waals surface area (Å²) >= 11 is 0. The van der Waals surface area contributed by atoms with Gasteiger partial charge in [-0.2, -0.15) is 0 Å². The molecule has 2 aliphatic heterocycles. The van der Waals surface area contributed by atoms with E-state index in [2.05, 4.69) is 4.90 Å². The molecular weight excluding hydrogens is 420 g/mol. The normalized spacial score (nSPS) is 24.3. The third kappa shape index (κ3) is 3.01. The molecular formula is C22H24N2O4S2. The van der Waals surface area contributed by atoms with Gasteiger partial charge in [-0.15, -0.1) is 0 Å². The van der Waals surface area contributed by atoms with Crippen molar-refractivity contribution in [3.05, 3.63) is 71.4 Å². The second-order valence-corrected chi connectivity index (χ2v) is 12.6. The monoisotopic (exact) mass is 444 g/mol. The lowest BCUT2D eigenvalue weighted by Gasteiger charge is -2.36. The number of benzene rings is 2. The molecule has 5 rings (SSSR count). The zero-order chi connectivity index (χ0) is 21.3. The minimum Gasteiger partial charge on any atom is -0.286 e. The predicted molar refractivity (Wildman–Crippen MR) is 118 cm³/mol. The predicted octanol–water partition coefficient (Wildman–Crippen LogP) is 2.73. The Balaban J connectivity index is 1.74. The van der Waals surface area contributed by atoms with Crippen LogP contribution >= 0.6 is 0 Å². The summed E-state index contributed by atoms with van der Waals surface area (Å²) in [6.07, 6.45) is 3.46. The van der Waals surface area contributed by atoms with E-state index in [9.17, 15) is 16.8 Å². The van der Waals surface area contributed by atoms with E-state index in [4.69, 9.17) is 0 Å². The average molecular weight is 445 g/mol. The van der Waals surface area contributed by atoms with Crippen LogP contribution in [0.15, 0.2) is 54.6 Å². The van der Waals surface area contributed by atoms with Gasteiger partial charge in [-0.25, -0.2) is 20.8 Å². The number of hydrogen-bond acceptors (Lipinski definition) is 5. The molecule has 2 aromatic carbocycles. The van der Waals surface area contributed by atoms with Crippen LogP contribution in [0.3, 0.4) is 0 Å². The molecule has 3 atom stereocenters. The van der Waals surface area contributed by atoms with Crippen LogP contribution < -0.4 is 0 Å². The van der Waals surface area contributed by atoms with Gasteiger partial charge in [0.25, 0.3) is 0 Å². The largest absolute Gasteiger partial charge is 0.286 e. The van der Waals surface area contributed by atoms with E-state index >= 15 is 0 Å². The zero-order valence-corrected chi connectivity index (χ0v) is 18.5. The fourth-order valence-electron chi connectivity index (χ4n) is 5.37. The number of rotatable bonds is 4. The van der Waals surface area contributed by atoms with Gasteiger partial charge in [-0.1, -0.05) is 48.5 Å². The molecule has 1 aromatic heterocycles. The van der Waals surface area contributed by atoms with Gasteiger partial charge < -0.3 is 0 Å². The highest BCUT2D eigenvalue weighted by atomic mass is 32.2. The standard InChI is InChI=1S/C22H24N2O4S2/c1-29(25,26)21-13-20-22-17(12-19(21)23(20)14-15-8-4-3-5-9-15)16-10-6-7-11-18(16)24(22)30(2,27)28/h3-11,19-21H,12-14H2,1-2H3. The highest BCUT2D eigenvalue weighted by Crippen LogP contribution is 2.49. The number of nitrogens with zero attached hydrogens (tertiary/aromatic N) is 2. The van der Waals surface area contributed by atoms with Crippen LogP contribution in [0.4, 0.5) is 0 Å². The molecule has 0 N–H and O–H groups in total. The molecule has 3 heterocycles. The summed E-state index contributed by atoms with van der Waals surface area (Å²) in [5.74, 6) is 0. The van der Waals surface area contributed by atoms with Gasteiger partial charge >= 0.3 is 0 Å². The first-order chi connectivity index (χ1) is 14.2. The molecule has 3 unspecified atom stereocenters. The third-order valence-electron chi connectivity index (χ3n) is 6.51. The van der Waals surface area contributed by atoms with E-state index in [0.29, 0.717) is 24.9 Å². The first-order valence-corrected chi connectivity index (χ1v) is 13.8. The van der Waals surface area contributed by atoms with Crippen molar-refractivity contribution in [3.8, 4) is 0 Å². The summed E-state index contributed by atoms with van der Waals surface area (Å²) < 4.78 is 52.4. The van der Waals surface area contributed by atoms with Crippen LogP contribution in [0.1, 0.15) is 29.3 Å². The lowest BCUT2D eigenvalue weighted by Crippen LogP contribution is -2.43. The fourth-order valence-corrected chi connectivity index (χ4v) is 7.83. The summed E-state index contributed by atoms with van der Waals surface area (Å²) in [6.45, 7) is 0.590. The quantitative estimate of drug-likeness (QED) is 0.619. The molecule has 0 radical (unpaired) electrons. The third-order valence-corrected chi connectivity index (χ3v) is 9.17. The van der Waals surface area contributed by atoms with Crippen molar-refractivity contribution in [3.63, 3.8) is 0 Å². The van der Waals surface area contributed by atoms with Gasteiger partial charge in [0.2, 0.25) is 10.0 Å². The van der Waals surface area contributed by atoms with Gasteiger partial charge in [0.1, 0.15) is 0 Å². The van der Waals surface area contributed by atoms with E-state index in [1.165, 1.54) is 16.5 Å². The maximum Gasteiger partial charge on any atom is 0.236 e. The molecule has 30 heavy (non-hydrogen) atoms. The number of aromatic nitrogens is 1.